The van der Waals surface area contributed by atoms with Crippen molar-refractivity contribution in [3.63, 3.8) is 0 Å². The van der Waals surface area contributed by atoms with Gasteiger partial charge in [0.1, 0.15) is 13.1 Å². The van der Waals surface area contributed by atoms with Gasteiger partial charge < -0.3 is 4.40 Å². The maximum Gasteiger partial charge on any atom is 0.224 e. The van der Waals surface area contributed by atoms with Crippen molar-refractivity contribution < 1.29 is 4.57 Å². The number of pyridine rings is 2. The molecule has 7 aromatic rings. The molecule has 7 rings (SSSR count). The Labute approximate surface area is 191 Å². The lowest BCUT2D eigenvalue weighted by Gasteiger charge is -2.17. The van der Waals surface area contributed by atoms with Gasteiger partial charge in [-0.1, -0.05) is 48.0 Å². The largest absolute Gasteiger partial charge is 0.306 e. The Kier molecular flexibility index (Phi) is 3.35. The minimum absolute atomic E-state index is 0.716. The molecule has 3 heterocycles. The number of hydrogen-bond acceptors (Lipinski definition) is 1. The van der Waals surface area contributed by atoms with Gasteiger partial charge in [-0.15, -0.1) is 0 Å². The highest BCUT2D eigenvalue weighted by atomic mass is 15.0. The van der Waals surface area contributed by atoms with Crippen LogP contribution in [0.2, 0.25) is 0 Å². The zero-order chi connectivity index (χ0) is 22.6. The highest BCUT2D eigenvalue weighted by Crippen LogP contribution is 2.44. The maximum atomic E-state index is 10.1. The van der Waals surface area contributed by atoms with E-state index in [1.165, 1.54) is 65.6 Å². The van der Waals surface area contributed by atoms with Crippen molar-refractivity contribution in [2.45, 2.75) is 20.8 Å². The van der Waals surface area contributed by atoms with Gasteiger partial charge in [-0.3, -0.25) is 0 Å². The van der Waals surface area contributed by atoms with Gasteiger partial charge in [0.15, 0.2) is 6.20 Å². The van der Waals surface area contributed by atoms with E-state index >= 15 is 0 Å². The molecule has 0 aliphatic heterocycles. The number of aryl methyl sites for hydroxylation is 4. The normalized spacial score (nSPS) is 12.2. The quantitative estimate of drug-likeness (QED) is 0.150. The fraction of sp³-hybridized carbons (Fsp3) is 0.133. The number of fused-ring (bicyclic) bond motifs is 7. The van der Waals surface area contributed by atoms with Crippen LogP contribution in [0.3, 0.4) is 0 Å². The van der Waals surface area contributed by atoms with Gasteiger partial charge in [0.2, 0.25) is 5.52 Å². The van der Waals surface area contributed by atoms with Gasteiger partial charge in [-0.2, -0.15) is 5.26 Å². The van der Waals surface area contributed by atoms with E-state index in [1.54, 1.807) is 0 Å². The third kappa shape index (κ3) is 2.07. The second-order valence-corrected chi connectivity index (χ2v) is 9.37. The van der Waals surface area contributed by atoms with Crippen LogP contribution in [0.4, 0.5) is 0 Å². The molecule has 0 amide bonds. The summed E-state index contributed by atoms with van der Waals surface area (Å²) < 4.78 is 4.65. The average Bonchev–Trinajstić information content (AvgIpc) is 3.17. The van der Waals surface area contributed by atoms with Crippen molar-refractivity contribution >= 4 is 59.8 Å². The molecule has 3 nitrogen and oxygen atoms in total. The Balaban J connectivity index is 2.01. The zero-order valence-electron chi connectivity index (χ0n) is 19.1. The summed E-state index contributed by atoms with van der Waals surface area (Å²) in [5.74, 6) is 0. The first-order chi connectivity index (χ1) is 16.0. The third-order valence-corrected chi connectivity index (χ3v) is 7.58. The SMILES string of the molecule is Cc1ccc2c(C)c3c(c(C)c2c1)n1c2c(C#N)cccc2c2ccc4cc[n+](C)c3c4c21. The minimum Gasteiger partial charge on any atom is -0.306 e. The van der Waals surface area contributed by atoms with Crippen LogP contribution in [0, 0.1) is 32.1 Å². The lowest BCUT2D eigenvalue weighted by molar-refractivity contribution is -0.643. The van der Waals surface area contributed by atoms with Crippen LogP contribution in [-0.2, 0) is 7.05 Å². The van der Waals surface area contributed by atoms with E-state index in [0.29, 0.717) is 5.56 Å². The van der Waals surface area contributed by atoms with E-state index in [4.69, 9.17) is 0 Å². The van der Waals surface area contributed by atoms with Crippen molar-refractivity contribution in [3.8, 4) is 6.07 Å². The molecule has 0 radical (unpaired) electrons. The lowest BCUT2D eigenvalue weighted by atomic mass is 9.92. The van der Waals surface area contributed by atoms with Gasteiger partial charge >= 0.3 is 0 Å². The Bertz CT molecular complexity index is 2020. The van der Waals surface area contributed by atoms with Crippen molar-refractivity contribution in [3.05, 3.63) is 83.0 Å². The van der Waals surface area contributed by atoms with Crippen LogP contribution >= 0.6 is 0 Å². The second-order valence-electron chi connectivity index (χ2n) is 9.37. The highest BCUT2D eigenvalue weighted by molar-refractivity contribution is 6.29. The number of rotatable bonds is 0. The summed E-state index contributed by atoms with van der Waals surface area (Å²) in [7, 11) is 2.14. The van der Waals surface area contributed by atoms with Gasteiger partial charge in [0.25, 0.3) is 0 Å². The molecule has 0 atom stereocenters. The Morgan fingerprint density at radius 3 is 2.36 bits per heavy atom. The molecular weight excluding hydrogens is 402 g/mol. The Hall–Kier alpha value is -4.16. The number of nitriles is 1. The number of benzene rings is 4. The summed E-state index contributed by atoms with van der Waals surface area (Å²) in [5, 5.41) is 18.7. The Morgan fingerprint density at radius 2 is 1.55 bits per heavy atom. The average molecular weight is 425 g/mol. The lowest BCUT2D eigenvalue weighted by Crippen LogP contribution is -2.29. The Morgan fingerprint density at radius 1 is 0.758 bits per heavy atom. The fourth-order valence-corrected chi connectivity index (χ4v) is 6.11. The van der Waals surface area contributed by atoms with Gasteiger partial charge in [-0.25, -0.2) is 4.57 Å². The maximum absolute atomic E-state index is 10.1. The molecule has 0 aliphatic carbocycles. The van der Waals surface area contributed by atoms with E-state index in [1.807, 2.05) is 12.1 Å². The molecule has 3 aromatic heterocycles. The molecule has 0 N–H and O–H groups in total. The number of para-hydroxylation sites is 1. The fourth-order valence-electron chi connectivity index (χ4n) is 6.11. The number of hydrogen-bond donors (Lipinski definition) is 0. The molecule has 0 aliphatic rings. The first-order valence-corrected chi connectivity index (χ1v) is 11.3. The second kappa shape index (κ2) is 5.99. The minimum atomic E-state index is 0.716. The molecule has 0 fully saturated rings. The summed E-state index contributed by atoms with van der Waals surface area (Å²) in [6.07, 6.45) is 2.17. The van der Waals surface area contributed by atoms with Crippen molar-refractivity contribution in [1.82, 2.24) is 4.40 Å². The topological polar surface area (TPSA) is 32.1 Å². The summed E-state index contributed by atoms with van der Waals surface area (Å²) in [5.41, 5.74) is 9.19. The number of aromatic nitrogens is 2. The predicted molar refractivity (Wildman–Crippen MR) is 136 cm³/mol. The summed E-state index contributed by atoms with van der Waals surface area (Å²) in [4.78, 5) is 0. The van der Waals surface area contributed by atoms with Crippen molar-refractivity contribution in [1.29, 1.82) is 5.26 Å². The monoisotopic (exact) mass is 424 g/mol. The first-order valence-electron chi connectivity index (χ1n) is 11.3. The summed E-state index contributed by atoms with van der Waals surface area (Å²) >= 11 is 0. The molecule has 3 heteroatoms. The molecule has 0 saturated heterocycles. The molecule has 0 unspecified atom stereocenters. The van der Waals surface area contributed by atoms with Crippen molar-refractivity contribution in [2.24, 2.45) is 7.05 Å². The van der Waals surface area contributed by atoms with Gasteiger partial charge in [0, 0.05) is 16.8 Å². The van der Waals surface area contributed by atoms with Crippen LogP contribution in [0.25, 0.3) is 59.8 Å². The van der Waals surface area contributed by atoms with E-state index < -0.39 is 0 Å². The van der Waals surface area contributed by atoms with Gasteiger partial charge in [-0.05, 0) is 54.1 Å². The molecule has 33 heavy (non-hydrogen) atoms. The van der Waals surface area contributed by atoms with Gasteiger partial charge in [0.05, 0.1) is 32.9 Å². The van der Waals surface area contributed by atoms with Crippen LogP contribution in [0.1, 0.15) is 22.3 Å². The molecule has 156 valence electrons. The standard InChI is InChI=1S/C30H22N3/c1-16-8-10-21-17(2)25-27(18(3)24(21)14-16)33-28-20(15-31)6-5-7-22(28)23-11-9-19-12-13-32(4)30(25)26(19)29(23)33/h5-14H,1-4H3/q+1. The van der Waals surface area contributed by atoms with Crippen LogP contribution in [-0.4, -0.2) is 4.40 Å². The third-order valence-electron chi connectivity index (χ3n) is 7.58. The highest BCUT2D eigenvalue weighted by Gasteiger charge is 2.26. The predicted octanol–water partition coefficient (Wildman–Crippen LogP) is 6.76. The van der Waals surface area contributed by atoms with E-state index in [2.05, 4.69) is 91.5 Å². The first kappa shape index (κ1) is 18.4. The zero-order valence-corrected chi connectivity index (χ0v) is 19.1. The smallest absolute Gasteiger partial charge is 0.224 e. The molecule has 0 spiro atoms. The molecule has 4 aromatic carbocycles. The summed E-state index contributed by atoms with van der Waals surface area (Å²) in [6, 6.07) is 22.0. The van der Waals surface area contributed by atoms with E-state index in [-0.39, 0.29) is 0 Å². The number of nitrogens with zero attached hydrogens (tertiary/aromatic N) is 3. The van der Waals surface area contributed by atoms with Crippen LogP contribution in [0.5, 0.6) is 0 Å². The van der Waals surface area contributed by atoms with E-state index in [0.717, 1.165) is 10.9 Å². The van der Waals surface area contributed by atoms with Crippen molar-refractivity contribution in [2.75, 3.05) is 0 Å². The summed E-state index contributed by atoms with van der Waals surface area (Å²) in [6.45, 7) is 6.64. The van der Waals surface area contributed by atoms with E-state index in [9.17, 15) is 5.26 Å². The van der Waals surface area contributed by atoms with Crippen LogP contribution < -0.4 is 4.57 Å². The molecule has 0 saturated carbocycles. The molecule has 0 bridgehead atoms. The van der Waals surface area contributed by atoms with Crippen LogP contribution in [0.15, 0.2) is 60.8 Å². The molecular formula is C30H22N3+.